The second kappa shape index (κ2) is 8.35. The number of nitrogens with one attached hydrogen (secondary N) is 1. The van der Waals surface area contributed by atoms with E-state index in [9.17, 15) is 9.59 Å². The number of nitrogens with zero attached hydrogens (tertiary/aromatic N) is 6. The van der Waals surface area contributed by atoms with Gasteiger partial charge in [0.25, 0.3) is 11.8 Å². The summed E-state index contributed by atoms with van der Waals surface area (Å²) in [7, 11) is 1.78. The van der Waals surface area contributed by atoms with E-state index in [0.29, 0.717) is 43.2 Å². The van der Waals surface area contributed by atoms with Crippen molar-refractivity contribution in [3.63, 3.8) is 0 Å². The monoisotopic (exact) mass is 475 g/mol. The first-order chi connectivity index (χ1) is 16.6. The van der Waals surface area contributed by atoms with Gasteiger partial charge in [-0.3, -0.25) is 14.3 Å². The summed E-state index contributed by atoms with van der Waals surface area (Å²) in [4.78, 5) is 41.9. The fourth-order valence-corrected chi connectivity index (χ4v) is 5.14. The molecule has 0 bridgehead atoms. The molecule has 1 aliphatic carbocycles. The molecule has 2 aliphatic rings. The Morgan fingerprint density at radius 2 is 2.15 bits per heavy atom. The molecule has 1 N–H and O–H groups in total. The number of thiazole rings is 1. The van der Waals surface area contributed by atoms with Crippen molar-refractivity contribution < 1.29 is 9.59 Å². The zero-order valence-electron chi connectivity index (χ0n) is 18.9. The molecule has 1 aromatic carbocycles. The van der Waals surface area contributed by atoms with Gasteiger partial charge < -0.3 is 14.8 Å². The second-order valence-electron chi connectivity index (χ2n) is 9.15. The molecule has 0 spiro atoms. The van der Waals surface area contributed by atoms with Crippen molar-refractivity contribution in [3.05, 3.63) is 63.6 Å². The van der Waals surface area contributed by atoms with Gasteiger partial charge in [0.05, 0.1) is 41.7 Å². The van der Waals surface area contributed by atoms with Crippen molar-refractivity contribution in [2.24, 2.45) is 5.92 Å². The first-order valence-electron chi connectivity index (χ1n) is 11.5. The molecule has 0 unspecified atom stereocenters. The van der Waals surface area contributed by atoms with E-state index in [2.05, 4.69) is 15.0 Å². The molecule has 4 aromatic rings. The zero-order valence-corrected chi connectivity index (χ0v) is 19.7. The molecule has 9 nitrogen and oxygen atoms in total. The number of carbonyl (C=O) groups excluding carboxylic acids is 2. The number of hydrogen-bond donors (Lipinski definition) is 1. The second-order valence-corrected chi connectivity index (χ2v) is 9.87. The number of imidazole rings is 1. The smallest absolute Gasteiger partial charge is 0.274 e. The Kier molecular flexibility index (Phi) is 5.17. The Hall–Kier alpha value is -3.53. The maximum absolute atomic E-state index is 13.4. The molecule has 2 amide bonds. The first kappa shape index (κ1) is 21.0. The minimum Gasteiger partial charge on any atom is -0.345 e. The highest BCUT2D eigenvalue weighted by molar-refractivity contribution is 7.07. The van der Waals surface area contributed by atoms with Gasteiger partial charge in [0.1, 0.15) is 0 Å². The fraction of sp³-hybridized carbons (Fsp3) is 0.375. The van der Waals surface area contributed by atoms with Gasteiger partial charge >= 0.3 is 0 Å². The summed E-state index contributed by atoms with van der Waals surface area (Å²) >= 11 is 1.51. The standard InChI is InChI=1S/C24H25N7O2S/c1-29(10-17-12-34-14-27-17)24(33)22-18-11-30(7-6-21(18)31(28-22)9-15-2-3-15)23(32)16-4-5-19-20(8-16)26-13-25-19/h4-5,8,12-15H,2-3,6-7,9-11H2,1H3,(H,25,26). The molecule has 6 rings (SSSR count). The van der Waals surface area contributed by atoms with Crippen LogP contribution in [0.4, 0.5) is 0 Å². The number of carbonyl (C=O) groups is 2. The van der Waals surface area contributed by atoms with Gasteiger partial charge in [-0.05, 0) is 37.0 Å². The summed E-state index contributed by atoms with van der Waals surface area (Å²) < 4.78 is 2.02. The molecular formula is C24H25N7O2S. The molecule has 0 radical (unpaired) electrons. The number of hydrogen-bond acceptors (Lipinski definition) is 6. The predicted molar refractivity (Wildman–Crippen MR) is 127 cm³/mol. The van der Waals surface area contributed by atoms with Crippen LogP contribution < -0.4 is 0 Å². The molecule has 10 heteroatoms. The lowest BCUT2D eigenvalue weighted by Crippen LogP contribution is -2.37. The summed E-state index contributed by atoms with van der Waals surface area (Å²) in [6.07, 6.45) is 4.74. The van der Waals surface area contributed by atoms with Gasteiger partial charge in [-0.1, -0.05) is 0 Å². The number of amides is 2. The van der Waals surface area contributed by atoms with E-state index >= 15 is 0 Å². The Balaban J connectivity index is 1.29. The third-order valence-electron chi connectivity index (χ3n) is 6.65. The Morgan fingerprint density at radius 1 is 1.26 bits per heavy atom. The molecule has 1 saturated carbocycles. The molecule has 0 saturated heterocycles. The van der Waals surface area contributed by atoms with E-state index in [1.54, 1.807) is 23.8 Å². The third-order valence-corrected chi connectivity index (χ3v) is 7.28. The van der Waals surface area contributed by atoms with Crippen LogP contribution in [0.25, 0.3) is 11.0 Å². The van der Waals surface area contributed by atoms with Gasteiger partial charge in [-0.25, -0.2) is 9.97 Å². The largest absolute Gasteiger partial charge is 0.345 e. The van der Waals surface area contributed by atoms with Crippen LogP contribution in [0.15, 0.2) is 35.4 Å². The minimum atomic E-state index is -0.132. The topological polar surface area (TPSA) is 100 Å². The highest BCUT2D eigenvalue weighted by atomic mass is 32.1. The van der Waals surface area contributed by atoms with Gasteiger partial charge in [-0.2, -0.15) is 5.10 Å². The van der Waals surface area contributed by atoms with E-state index in [4.69, 9.17) is 5.10 Å². The minimum absolute atomic E-state index is 0.0497. The average Bonchev–Trinajstić information content (AvgIpc) is 3.22. The lowest BCUT2D eigenvalue weighted by molar-refractivity contribution is 0.0721. The maximum Gasteiger partial charge on any atom is 0.274 e. The molecule has 1 fully saturated rings. The van der Waals surface area contributed by atoms with Crippen LogP contribution in [0.2, 0.25) is 0 Å². The van der Waals surface area contributed by atoms with Gasteiger partial charge in [0.2, 0.25) is 0 Å². The summed E-state index contributed by atoms with van der Waals surface area (Å²) in [5.74, 6) is 0.457. The summed E-state index contributed by atoms with van der Waals surface area (Å²) in [6.45, 7) is 2.26. The van der Waals surface area contributed by atoms with Crippen LogP contribution in [0.3, 0.4) is 0 Å². The van der Waals surface area contributed by atoms with E-state index in [1.165, 1.54) is 24.2 Å². The molecular weight excluding hydrogens is 450 g/mol. The normalized spacial score (nSPS) is 15.5. The van der Waals surface area contributed by atoms with Crippen molar-refractivity contribution >= 4 is 34.2 Å². The number of fused-ring (bicyclic) bond motifs is 2. The molecule has 1 aliphatic heterocycles. The SMILES string of the molecule is CN(Cc1cscn1)C(=O)c1nn(CC2CC2)c2c1CN(C(=O)c1ccc3nc[nH]c3c1)CC2. The van der Waals surface area contributed by atoms with E-state index in [0.717, 1.165) is 34.5 Å². The van der Waals surface area contributed by atoms with Crippen LogP contribution in [0.1, 0.15) is 50.6 Å². The van der Waals surface area contributed by atoms with Crippen molar-refractivity contribution in [2.45, 2.75) is 38.9 Å². The molecule has 3 aromatic heterocycles. The van der Waals surface area contributed by atoms with Gasteiger partial charge in [-0.15, -0.1) is 11.3 Å². The Morgan fingerprint density at radius 3 is 2.94 bits per heavy atom. The number of aromatic nitrogens is 5. The summed E-state index contributed by atoms with van der Waals surface area (Å²) in [5, 5.41) is 6.73. The fourth-order valence-electron chi connectivity index (χ4n) is 4.59. The van der Waals surface area contributed by atoms with Crippen LogP contribution in [-0.4, -0.2) is 59.9 Å². The van der Waals surface area contributed by atoms with E-state index in [1.807, 2.05) is 33.2 Å². The van der Waals surface area contributed by atoms with Crippen molar-refractivity contribution in [1.82, 2.24) is 34.5 Å². The molecule has 4 heterocycles. The lowest BCUT2D eigenvalue weighted by atomic mass is 10.0. The van der Waals surface area contributed by atoms with Crippen LogP contribution in [0, 0.1) is 5.92 Å². The third kappa shape index (κ3) is 3.87. The van der Waals surface area contributed by atoms with Gasteiger partial charge in [0.15, 0.2) is 5.69 Å². The molecule has 34 heavy (non-hydrogen) atoms. The summed E-state index contributed by atoms with van der Waals surface area (Å²) in [6, 6.07) is 5.50. The first-order valence-corrected chi connectivity index (χ1v) is 12.4. The lowest BCUT2D eigenvalue weighted by Gasteiger charge is -2.28. The number of H-pyrrole nitrogens is 1. The summed E-state index contributed by atoms with van der Waals surface area (Å²) in [5.41, 5.74) is 7.31. The van der Waals surface area contributed by atoms with Crippen molar-refractivity contribution in [1.29, 1.82) is 0 Å². The maximum atomic E-state index is 13.4. The Bertz CT molecular complexity index is 1370. The van der Waals surface area contributed by atoms with E-state index < -0.39 is 0 Å². The van der Waals surface area contributed by atoms with E-state index in [-0.39, 0.29) is 11.8 Å². The predicted octanol–water partition coefficient (Wildman–Crippen LogP) is 3.10. The Labute approximate surface area is 200 Å². The highest BCUT2D eigenvalue weighted by Crippen LogP contribution is 2.33. The quantitative estimate of drug-likeness (QED) is 0.462. The number of aromatic amines is 1. The van der Waals surface area contributed by atoms with Crippen LogP contribution in [-0.2, 0) is 26.1 Å². The van der Waals surface area contributed by atoms with Crippen molar-refractivity contribution in [3.8, 4) is 0 Å². The number of rotatable bonds is 6. The zero-order chi connectivity index (χ0) is 23.2. The highest BCUT2D eigenvalue weighted by Gasteiger charge is 2.33. The number of benzene rings is 1. The van der Waals surface area contributed by atoms with Crippen LogP contribution >= 0.6 is 11.3 Å². The molecule has 0 atom stereocenters. The van der Waals surface area contributed by atoms with Gasteiger partial charge in [0, 0.05) is 48.8 Å². The van der Waals surface area contributed by atoms with Crippen molar-refractivity contribution in [2.75, 3.05) is 13.6 Å². The average molecular weight is 476 g/mol. The molecule has 174 valence electrons. The van der Waals surface area contributed by atoms with Crippen LogP contribution in [0.5, 0.6) is 0 Å².